The number of carbonyl (C=O) groups is 1. The molecule has 1 amide bonds. The highest BCUT2D eigenvalue weighted by Crippen LogP contribution is 2.47. The van der Waals surface area contributed by atoms with Gasteiger partial charge in [-0.05, 0) is 64.6 Å². The summed E-state index contributed by atoms with van der Waals surface area (Å²) in [6.45, 7) is 7.22. The Balaban J connectivity index is 2.06. The molecule has 0 aromatic heterocycles. The Bertz CT molecular complexity index is 1340. The first-order chi connectivity index (χ1) is 15.4. The van der Waals surface area contributed by atoms with Crippen molar-refractivity contribution in [1.82, 2.24) is 5.32 Å². The lowest BCUT2D eigenvalue weighted by Gasteiger charge is -2.20. The van der Waals surface area contributed by atoms with Crippen LogP contribution < -0.4 is 5.32 Å². The lowest BCUT2D eigenvalue weighted by molar-refractivity contribution is -0.119. The second kappa shape index (κ2) is 8.75. The molecular weight excluding hydrogens is 398 g/mol. The van der Waals surface area contributed by atoms with Crippen LogP contribution in [-0.2, 0) is 17.6 Å². The van der Waals surface area contributed by atoms with Gasteiger partial charge in [-0.25, -0.2) is 0 Å². The molecule has 4 aromatic rings. The molecule has 0 fully saturated rings. The zero-order valence-electron chi connectivity index (χ0n) is 18.4. The number of allylic oxidation sites excluding steroid dienone is 1. The third kappa shape index (κ3) is 3.92. The van der Waals surface area contributed by atoms with Gasteiger partial charge in [0.2, 0.25) is 5.91 Å². The van der Waals surface area contributed by atoms with Gasteiger partial charge in [-0.2, -0.15) is 0 Å². The summed E-state index contributed by atoms with van der Waals surface area (Å²) in [6, 6.07) is 19.5. The predicted molar refractivity (Wildman–Crippen MR) is 131 cm³/mol. The monoisotopic (exact) mass is 425 g/mol. The van der Waals surface area contributed by atoms with Crippen LogP contribution in [0.25, 0.3) is 32.7 Å². The highest BCUT2D eigenvalue weighted by Gasteiger charge is 2.22. The fraction of sp³-hybridized carbons (Fsp3) is 0.179. The molecule has 4 nitrogen and oxygen atoms in total. The Morgan fingerprint density at radius 1 is 0.938 bits per heavy atom. The average molecular weight is 426 g/mol. The number of aromatic hydroxyl groups is 2. The van der Waals surface area contributed by atoms with Crippen molar-refractivity contribution < 1.29 is 15.0 Å². The van der Waals surface area contributed by atoms with Gasteiger partial charge in [0.1, 0.15) is 11.5 Å². The van der Waals surface area contributed by atoms with Gasteiger partial charge in [-0.3, -0.25) is 4.79 Å². The molecular formula is C28H27NO3. The number of phenols is 2. The molecule has 0 spiro atoms. The van der Waals surface area contributed by atoms with Crippen molar-refractivity contribution in [3.63, 3.8) is 0 Å². The summed E-state index contributed by atoms with van der Waals surface area (Å²) >= 11 is 0. The van der Waals surface area contributed by atoms with Crippen molar-refractivity contribution in [2.75, 3.05) is 0 Å². The third-order valence-electron chi connectivity index (χ3n) is 5.79. The molecule has 0 saturated carbocycles. The second-order valence-corrected chi connectivity index (χ2v) is 8.26. The number of hydrogen-bond donors (Lipinski definition) is 3. The largest absolute Gasteiger partial charge is 0.507 e. The fourth-order valence-electron chi connectivity index (χ4n) is 4.49. The quantitative estimate of drug-likeness (QED) is 0.339. The van der Waals surface area contributed by atoms with Crippen molar-refractivity contribution in [2.24, 2.45) is 0 Å². The van der Waals surface area contributed by atoms with Crippen molar-refractivity contribution in [3.05, 3.63) is 84.4 Å². The minimum Gasteiger partial charge on any atom is -0.507 e. The molecule has 0 heterocycles. The number of fused-ring (bicyclic) bond motifs is 2. The number of rotatable bonds is 6. The second-order valence-electron chi connectivity index (χ2n) is 8.26. The highest BCUT2D eigenvalue weighted by molar-refractivity contribution is 6.10. The van der Waals surface area contributed by atoms with Gasteiger partial charge in [-0.15, -0.1) is 6.58 Å². The Labute approximate surface area is 187 Å². The first-order valence-electron chi connectivity index (χ1n) is 10.8. The molecule has 0 radical (unpaired) electrons. The molecule has 0 aliphatic heterocycles. The summed E-state index contributed by atoms with van der Waals surface area (Å²) in [4.78, 5) is 11.5. The Morgan fingerprint density at radius 3 is 1.97 bits per heavy atom. The zero-order chi connectivity index (χ0) is 22.8. The van der Waals surface area contributed by atoms with Gasteiger partial charge < -0.3 is 15.5 Å². The lowest BCUT2D eigenvalue weighted by atomic mass is 9.87. The molecule has 3 N–H and O–H groups in total. The molecule has 4 rings (SSSR count). The highest BCUT2D eigenvalue weighted by atomic mass is 16.3. The van der Waals surface area contributed by atoms with E-state index in [2.05, 4.69) is 11.9 Å². The van der Waals surface area contributed by atoms with Crippen LogP contribution in [0.3, 0.4) is 0 Å². The number of amides is 1. The molecule has 1 unspecified atom stereocenters. The Kier molecular flexibility index (Phi) is 5.87. The number of nitrogens with one attached hydrogen (secondary N) is 1. The van der Waals surface area contributed by atoms with E-state index in [-0.39, 0.29) is 23.4 Å². The summed E-state index contributed by atoms with van der Waals surface area (Å²) in [5.41, 5.74) is 2.70. The normalized spacial score (nSPS) is 12.1. The first kappa shape index (κ1) is 21.4. The van der Waals surface area contributed by atoms with Crippen LogP contribution in [0.5, 0.6) is 11.5 Å². The molecule has 1 atom stereocenters. The van der Waals surface area contributed by atoms with Crippen LogP contribution in [0, 0.1) is 0 Å². The van der Waals surface area contributed by atoms with Gasteiger partial charge in [0, 0.05) is 24.1 Å². The number of benzene rings is 4. The molecule has 0 saturated heterocycles. The standard InChI is InChI=1S/C28H27NO3/c1-4-9-21-15-19-10-5-7-12-23(19)25(27(21)31)26-24-13-8-6-11-20(24)16-22(28(26)32)14-17(2)29-18(3)30/h4-8,10-13,15-17,31-32H,1,9,14H2,2-3H3,(H,29,30). The van der Waals surface area contributed by atoms with Crippen LogP contribution in [-0.4, -0.2) is 22.2 Å². The summed E-state index contributed by atoms with van der Waals surface area (Å²) in [6.07, 6.45) is 2.74. The van der Waals surface area contributed by atoms with Crippen LogP contribution in [0.1, 0.15) is 25.0 Å². The van der Waals surface area contributed by atoms with Crippen molar-refractivity contribution in [3.8, 4) is 22.6 Å². The van der Waals surface area contributed by atoms with Gasteiger partial charge in [-0.1, -0.05) is 54.6 Å². The van der Waals surface area contributed by atoms with Gasteiger partial charge >= 0.3 is 0 Å². The van der Waals surface area contributed by atoms with Gasteiger partial charge in [0.05, 0.1) is 0 Å². The molecule has 4 aromatic carbocycles. The Hall–Kier alpha value is -3.79. The number of phenolic OH excluding ortho intramolecular Hbond substituents is 2. The summed E-state index contributed by atoms with van der Waals surface area (Å²) < 4.78 is 0. The maximum Gasteiger partial charge on any atom is 0.217 e. The maximum atomic E-state index is 11.5. The Morgan fingerprint density at radius 2 is 1.44 bits per heavy atom. The molecule has 0 bridgehead atoms. The molecule has 32 heavy (non-hydrogen) atoms. The van der Waals surface area contributed by atoms with E-state index in [1.54, 1.807) is 6.08 Å². The van der Waals surface area contributed by atoms with Gasteiger partial charge in [0.15, 0.2) is 0 Å². The van der Waals surface area contributed by atoms with Crippen LogP contribution in [0.2, 0.25) is 0 Å². The summed E-state index contributed by atoms with van der Waals surface area (Å²) in [5.74, 6) is 0.159. The smallest absolute Gasteiger partial charge is 0.217 e. The van der Waals surface area contributed by atoms with Crippen LogP contribution in [0.15, 0.2) is 73.3 Å². The minimum atomic E-state index is -0.148. The van der Waals surface area contributed by atoms with Crippen LogP contribution in [0.4, 0.5) is 0 Å². The number of hydrogen-bond acceptors (Lipinski definition) is 3. The van der Waals surface area contributed by atoms with Crippen LogP contribution >= 0.6 is 0 Å². The van der Waals surface area contributed by atoms with E-state index >= 15 is 0 Å². The van der Waals surface area contributed by atoms with E-state index < -0.39 is 0 Å². The SMILES string of the molecule is C=CCc1cc2ccccc2c(-c2c(O)c(CC(C)NC(C)=O)cc3ccccc23)c1O. The molecule has 0 aliphatic rings. The van der Waals surface area contributed by atoms with E-state index in [1.807, 2.05) is 67.6 Å². The third-order valence-corrected chi connectivity index (χ3v) is 5.79. The van der Waals surface area contributed by atoms with E-state index in [1.165, 1.54) is 6.92 Å². The maximum absolute atomic E-state index is 11.5. The van der Waals surface area contributed by atoms with E-state index in [4.69, 9.17) is 0 Å². The molecule has 0 aliphatic carbocycles. The van der Waals surface area contributed by atoms with E-state index in [0.29, 0.717) is 24.0 Å². The molecule has 4 heteroatoms. The number of carbonyl (C=O) groups excluding carboxylic acids is 1. The topological polar surface area (TPSA) is 69.6 Å². The summed E-state index contributed by atoms with van der Waals surface area (Å²) in [7, 11) is 0. The summed E-state index contributed by atoms with van der Waals surface area (Å²) in [5, 5.41) is 29.4. The van der Waals surface area contributed by atoms with Crippen molar-refractivity contribution in [2.45, 2.75) is 32.7 Å². The molecule has 162 valence electrons. The average Bonchev–Trinajstić information content (AvgIpc) is 2.75. The minimum absolute atomic E-state index is 0.112. The lowest BCUT2D eigenvalue weighted by Crippen LogP contribution is -2.32. The van der Waals surface area contributed by atoms with Gasteiger partial charge in [0.25, 0.3) is 0 Å². The van der Waals surface area contributed by atoms with E-state index in [0.717, 1.165) is 32.7 Å². The fourth-order valence-corrected chi connectivity index (χ4v) is 4.49. The zero-order valence-corrected chi connectivity index (χ0v) is 18.4. The first-order valence-corrected chi connectivity index (χ1v) is 10.8. The predicted octanol–water partition coefficient (Wildman–Crippen LogP) is 5.87. The van der Waals surface area contributed by atoms with Crippen molar-refractivity contribution in [1.29, 1.82) is 0 Å². The van der Waals surface area contributed by atoms with E-state index in [9.17, 15) is 15.0 Å². The van der Waals surface area contributed by atoms with Crippen molar-refractivity contribution >= 4 is 27.5 Å².